The lowest BCUT2D eigenvalue weighted by Crippen LogP contribution is -2.51. The van der Waals surface area contributed by atoms with E-state index in [1.165, 1.54) is 6.07 Å². The average molecular weight is 466 g/mol. The van der Waals surface area contributed by atoms with Crippen LogP contribution in [0.2, 0.25) is 0 Å². The Morgan fingerprint density at radius 2 is 1.76 bits per heavy atom. The highest BCUT2D eigenvalue weighted by Crippen LogP contribution is 2.42. The number of rotatable bonds is 7. The predicted octanol–water partition coefficient (Wildman–Crippen LogP) is 3.92. The summed E-state index contributed by atoms with van der Waals surface area (Å²) >= 11 is 0. The molecule has 1 N–H and O–H groups in total. The van der Waals surface area contributed by atoms with Crippen molar-refractivity contribution in [3.8, 4) is 0 Å². The van der Waals surface area contributed by atoms with Gasteiger partial charge in [-0.05, 0) is 74.0 Å². The fourth-order valence-electron chi connectivity index (χ4n) is 5.12. The van der Waals surface area contributed by atoms with Crippen molar-refractivity contribution in [3.05, 3.63) is 77.4 Å². The first-order valence-electron chi connectivity index (χ1n) is 12.0. The number of carbonyl (C=O) groups is 2. The maximum Gasteiger partial charge on any atom is 0.246 e. The van der Waals surface area contributed by atoms with E-state index in [-0.39, 0.29) is 29.8 Å². The molecular formula is C27H29F2N3O2. The summed E-state index contributed by atoms with van der Waals surface area (Å²) < 4.78 is 28.7. The Morgan fingerprint density at radius 1 is 1.03 bits per heavy atom. The fraction of sp³-hybridized carbons (Fsp3) is 0.407. The molecule has 5 rings (SSSR count). The first-order chi connectivity index (χ1) is 16.5. The van der Waals surface area contributed by atoms with Crippen LogP contribution in [0.4, 0.5) is 8.78 Å². The Labute approximate surface area is 198 Å². The molecule has 2 amide bonds. The van der Waals surface area contributed by atoms with Crippen molar-refractivity contribution in [1.29, 1.82) is 0 Å². The summed E-state index contributed by atoms with van der Waals surface area (Å²) in [4.78, 5) is 30.4. The van der Waals surface area contributed by atoms with Gasteiger partial charge in [0.15, 0.2) is 0 Å². The summed E-state index contributed by atoms with van der Waals surface area (Å²) in [6.07, 6.45) is 5.77. The van der Waals surface area contributed by atoms with E-state index < -0.39 is 23.7 Å². The normalized spacial score (nSPS) is 21.4. The zero-order chi connectivity index (χ0) is 23.7. The lowest BCUT2D eigenvalue weighted by molar-refractivity contribution is -0.137. The van der Waals surface area contributed by atoms with E-state index in [4.69, 9.17) is 0 Å². The van der Waals surface area contributed by atoms with Crippen LogP contribution in [0.3, 0.4) is 0 Å². The molecule has 0 spiro atoms. The van der Waals surface area contributed by atoms with Gasteiger partial charge in [0.05, 0.1) is 12.6 Å². The molecule has 1 saturated carbocycles. The molecule has 3 aliphatic rings. The molecule has 2 aromatic carbocycles. The quantitative estimate of drug-likeness (QED) is 0.675. The minimum Gasteiger partial charge on any atom is -0.343 e. The number of halogens is 2. The second-order valence-corrected chi connectivity index (χ2v) is 9.45. The number of nitrogens with zero attached hydrogens (tertiary/aromatic N) is 2. The van der Waals surface area contributed by atoms with E-state index in [9.17, 15) is 18.4 Å². The average Bonchev–Trinajstić information content (AvgIpc) is 3.37. The topological polar surface area (TPSA) is 52.7 Å². The van der Waals surface area contributed by atoms with Gasteiger partial charge in [0.25, 0.3) is 0 Å². The smallest absolute Gasteiger partial charge is 0.246 e. The first kappa shape index (κ1) is 22.7. The van der Waals surface area contributed by atoms with Crippen LogP contribution in [0, 0.1) is 17.6 Å². The first-order valence-corrected chi connectivity index (χ1v) is 12.0. The molecule has 178 valence electrons. The number of amides is 2. The zero-order valence-corrected chi connectivity index (χ0v) is 19.1. The van der Waals surface area contributed by atoms with Gasteiger partial charge in [-0.2, -0.15) is 0 Å². The molecular weight excluding hydrogens is 436 g/mol. The van der Waals surface area contributed by atoms with Gasteiger partial charge in [0.2, 0.25) is 11.8 Å². The highest BCUT2D eigenvalue weighted by Gasteiger charge is 2.43. The van der Waals surface area contributed by atoms with Crippen molar-refractivity contribution >= 4 is 17.4 Å². The van der Waals surface area contributed by atoms with Gasteiger partial charge in [-0.3, -0.25) is 14.5 Å². The number of nitrogens with one attached hydrogen (secondary N) is 1. The van der Waals surface area contributed by atoms with Crippen molar-refractivity contribution in [3.63, 3.8) is 0 Å². The minimum atomic E-state index is -0.605. The van der Waals surface area contributed by atoms with Gasteiger partial charge in [0.1, 0.15) is 17.7 Å². The Hall–Kier alpha value is -3.06. The van der Waals surface area contributed by atoms with E-state index in [0.717, 1.165) is 56.5 Å². The van der Waals surface area contributed by atoms with E-state index in [1.807, 2.05) is 30.3 Å². The summed E-state index contributed by atoms with van der Waals surface area (Å²) in [7, 11) is 0. The van der Waals surface area contributed by atoms with Crippen LogP contribution in [-0.2, 0) is 9.59 Å². The van der Waals surface area contributed by atoms with E-state index in [0.29, 0.717) is 12.1 Å². The van der Waals surface area contributed by atoms with Gasteiger partial charge in [-0.25, -0.2) is 8.78 Å². The molecule has 0 radical (unpaired) electrons. The van der Waals surface area contributed by atoms with Gasteiger partial charge < -0.3 is 10.2 Å². The number of hydrogen-bond acceptors (Lipinski definition) is 3. The van der Waals surface area contributed by atoms with Crippen LogP contribution >= 0.6 is 0 Å². The fourth-order valence-corrected chi connectivity index (χ4v) is 5.12. The van der Waals surface area contributed by atoms with E-state index in [2.05, 4.69) is 10.2 Å². The molecule has 0 aromatic heterocycles. The Balaban J connectivity index is 1.41. The monoisotopic (exact) mass is 465 g/mol. The lowest BCUT2D eigenvalue weighted by Gasteiger charge is -2.32. The molecule has 2 atom stereocenters. The molecule has 0 bridgehead atoms. The second-order valence-electron chi connectivity index (χ2n) is 9.45. The number of benzene rings is 2. The van der Waals surface area contributed by atoms with Crippen LogP contribution < -0.4 is 5.32 Å². The Morgan fingerprint density at radius 3 is 2.47 bits per heavy atom. The molecule has 2 aliphatic heterocycles. The van der Waals surface area contributed by atoms with Crippen LogP contribution in [0.15, 0.2) is 54.6 Å². The van der Waals surface area contributed by atoms with Gasteiger partial charge in [0, 0.05) is 12.1 Å². The zero-order valence-electron chi connectivity index (χ0n) is 19.1. The van der Waals surface area contributed by atoms with Crippen molar-refractivity contribution in [1.82, 2.24) is 15.1 Å². The summed E-state index contributed by atoms with van der Waals surface area (Å²) in [5, 5.41) is 3.00. The maximum absolute atomic E-state index is 14.7. The SMILES string of the molecule is O=C(CN1CCCC1)N[C@H](C(=O)N1CC=C(c2cc(F)ccc2F)[C@@H]1c1ccccc1)C1CC1. The standard InChI is InChI=1S/C27H29F2N3O2/c28-20-10-11-23(29)22(16-20)21-12-15-32(26(21)19-6-2-1-3-7-19)27(34)25(18-8-9-18)30-24(33)17-31-13-4-5-14-31/h1-3,6-7,10-12,16,18,25-26H,4-5,8-9,13-15,17H2,(H,30,33)/t25-,26-/m0/s1. The molecule has 7 heteroatoms. The number of likely N-dealkylation sites (tertiary alicyclic amines) is 1. The summed E-state index contributed by atoms with van der Waals surface area (Å²) in [6.45, 7) is 2.39. The summed E-state index contributed by atoms with van der Waals surface area (Å²) in [5.41, 5.74) is 1.54. The number of carbonyl (C=O) groups excluding carboxylic acids is 2. The third-order valence-corrected chi connectivity index (χ3v) is 6.99. The van der Waals surface area contributed by atoms with Crippen molar-refractivity contribution in [2.45, 2.75) is 37.8 Å². The second kappa shape index (κ2) is 9.66. The molecule has 0 unspecified atom stereocenters. The largest absolute Gasteiger partial charge is 0.343 e. The third kappa shape index (κ3) is 4.75. The Bertz CT molecular complexity index is 1090. The Kier molecular flexibility index (Phi) is 6.46. The summed E-state index contributed by atoms with van der Waals surface area (Å²) in [6, 6.07) is 11.6. The van der Waals surface area contributed by atoms with Crippen molar-refractivity contribution in [2.24, 2.45) is 5.92 Å². The highest BCUT2D eigenvalue weighted by atomic mass is 19.1. The molecule has 1 aliphatic carbocycles. The van der Waals surface area contributed by atoms with E-state index in [1.54, 1.807) is 11.0 Å². The molecule has 5 nitrogen and oxygen atoms in total. The van der Waals surface area contributed by atoms with E-state index >= 15 is 0 Å². The number of hydrogen-bond donors (Lipinski definition) is 1. The minimum absolute atomic E-state index is 0.112. The van der Waals surface area contributed by atoms with Crippen LogP contribution in [0.5, 0.6) is 0 Å². The predicted molar refractivity (Wildman–Crippen MR) is 126 cm³/mol. The molecule has 1 saturated heterocycles. The van der Waals surface area contributed by atoms with Crippen molar-refractivity contribution < 1.29 is 18.4 Å². The molecule has 2 aromatic rings. The van der Waals surface area contributed by atoms with Crippen LogP contribution in [0.25, 0.3) is 5.57 Å². The molecule has 34 heavy (non-hydrogen) atoms. The van der Waals surface area contributed by atoms with Gasteiger partial charge >= 0.3 is 0 Å². The summed E-state index contributed by atoms with van der Waals surface area (Å²) in [5.74, 6) is -1.25. The van der Waals surface area contributed by atoms with Crippen LogP contribution in [0.1, 0.15) is 42.9 Å². The van der Waals surface area contributed by atoms with Gasteiger partial charge in [-0.15, -0.1) is 0 Å². The van der Waals surface area contributed by atoms with Crippen LogP contribution in [-0.4, -0.2) is 53.8 Å². The molecule has 2 heterocycles. The molecule has 2 fully saturated rings. The van der Waals surface area contributed by atoms with Gasteiger partial charge in [-0.1, -0.05) is 36.4 Å². The highest BCUT2D eigenvalue weighted by molar-refractivity contribution is 5.92. The lowest BCUT2D eigenvalue weighted by atomic mass is 9.93. The maximum atomic E-state index is 14.7. The van der Waals surface area contributed by atoms with Crippen molar-refractivity contribution in [2.75, 3.05) is 26.2 Å². The third-order valence-electron chi connectivity index (χ3n) is 6.99.